The molecular weight excluding hydrogens is 223 g/mol. The van der Waals surface area contributed by atoms with E-state index in [1.807, 2.05) is 0 Å². The van der Waals surface area contributed by atoms with Crippen molar-refractivity contribution in [2.75, 3.05) is 0 Å². The first-order valence-corrected chi connectivity index (χ1v) is 0.612. The van der Waals surface area contributed by atoms with Gasteiger partial charge < -0.3 is 26.0 Å². The van der Waals surface area contributed by atoms with Gasteiger partial charge in [0, 0.05) is 0 Å². The molecule has 0 amide bonds. The molecule has 0 spiro atoms. The van der Waals surface area contributed by atoms with Gasteiger partial charge in [-0.15, -0.1) is 0 Å². The van der Waals surface area contributed by atoms with Crippen LogP contribution in [0.5, 0.6) is 0 Å². The van der Waals surface area contributed by atoms with Gasteiger partial charge in [-0.2, -0.15) is 0 Å². The summed E-state index contributed by atoms with van der Waals surface area (Å²) in [6.45, 7) is 0. The number of carbonyl (C=O) groups is 1. The molecule has 8 heavy (non-hydrogen) atoms. The molecule has 0 atom stereocenters. The van der Waals surface area contributed by atoms with Crippen LogP contribution >= 0.6 is 0 Å². The molecule has 7 heteroatoms. The third-order valence-electron chi connectivity index (χ3n) is 0. The molecule has 0 fully saturated rings. The first kappa shape index (κ1) is 34.5. The molecule has 0 aliphatic heterocycles. The second kappa shape index (κ2) is 23.9. The minimum absolute atomic E-state index is 0. The minimum atomic E-state index is -2.33. The van der Waals surface area contributed by atoms with Crippen LogP contribution in [0.4, 0.5) is 4.79 Å². The molecule has 0 aliphatic rings. The van der Waals surface area contributed by atoms with E-state index in [-0.39, 0.29) is 74.9 Å². The summed E-state index contributed by atoms with van der Waals surface area (Å²) < 4.78 is 0. The Kier molecular flexibility index (Phi) is 103. The third-order valence-corrected chi connectivity index (χ3v) is 0. The Morgan fingerprint density at radius 2 is 1.12 bits per heavy atom. The van der Waals surface area contributed by atoms with Crippen molar-refractivity contribution in [2.45, 2.75) is 0 Å². The fourth-order valence-electron chi connectivity index (χ4n) is 0. The summed E-state index contributed by atoms with van der Waals surface area (Å²) in [7, 11) is 0. The van der Waals surface area contributed by atoms with E-state index < -0.39 is 6.16 Å². The van der Waals surface area contributed by atoms with Gasteiger partial charge in [-0.1, -0.05) is 0 Å². The van der Waals surface area contributed by atoms with E-state index in [4.69, 9.17) is 15.0 Å². The van der Waals surface area contributed by atoms with Crippen LogP contribution in [0.1, 0.15) is 0 Å². The average molecular weight is 223 g/mol. The Bertz CT molecular complexity index is 35.4. The van der Waals surface area contributed by atoms with E-state index in [0.717, 1.165) is 0 Å². The van der Waals surface area contributed by atoms with Crippen LogP contribution in [-0.4, -0.2) is 43.9 Å². The van der Waals surface area contributed by atoms with Gasteiger partial charge in [-0.3, -0.25) is 0 Å². The summed E-state index contributed by atoms with van der Waals surface area (Å²) in [4.78, 5) is 8.33. The van der Waals surface area contributed by atoms with E-state index in [1.165, 1.54) is 0 Å². The SMILES string of the molecule is O=C([O-])[O-].[Ca+2].[O-2].[O-2].[Zr+4]. The summed E-state index contributed by atoms with van der Waals surface area (Å²) in [5.74, 6) is 0. The number of rotatable bonds is 0. The van der Waals surface area contributed by atoms with Crippen LogP contribution in [0.25, 0.3) is 0 Å². The second-order valence-electron chi connectivity index (χ2n) is 0.250. The number of carbonyl (C=O) groups excluding carboxylic acids is 1. The van der Waals surface area contributed by atoms with Crippen LogP contribution in [0, 0.1) is 0 Å². The fraction of sp³-hybridized carbons (Fsp3) is 0. The molecule has 0 heterocycles. The van der Waals surface area contributed by atoms with Gasteiger partial charge >= 0.3 is 63.9 Å². The summed E-state index contributed by atoms with van der Waals surface area (Å²) in [6, 6.07) is 0. The Labute approximate surface area is 94.8 Å². The zero-order chi connectivity index (χ0) is 3.58. The molecule has 0 N–H and O–H groups in total. The van der Waals surface area contributed by atoms with Gasteiger partial charge in [0.05, 0.1) is 0 Å². The van der Waals surface area contributed by atoms with Crippen molar-refractivity contribution in [1.29, 1.82) is 0 Å². The Morgan fingerprint density at radius 1 is 1.12 bits per heavy atom. The van der Waals surface area contributed by atoms with Gasteiger partial charge in [0.1, 0.15) is 0 Å². The summed E-state index contributed by atoms with van der Waals surface area (Å²) in [5, 5.41) is 16.7. The van der Waals surface area contributed by atoms with Crippen LogP contribution in [-0.2, 0) is 37.2 Å². The Morgan fingerprint density at radius 3 is 1.12 bits per heavy atom. The van der Waals surface area contributed by atoms with E-state index in [9.17, 15) is 0 Å². The van der Waals surface area contributed by atoms with Crippen molar-refractivity contribution in [3.05, 3.63) is 0 Å². The summed E-state index contributed by atoms with van der Waals surface area (Å²) >= 11 is 0. The standard InChI is InChI=1S/CH2O3.Ca.2O.Zr/c2-1(3)4;;;;/h(H2,2,3,4);;;;/q;+2;2*-2;+4/p-2. The van der Waals surface area contributed by atoms with E-state index >= 15 is 0 Å². The molecule has 0 radical (unpaired) electrons. The monoisotopic (exact) mass is 222 g/mol. The van der Waals surface area contributed by atoms with Gasteiger partial charge in [-0.05, 0) is 6.16 Å². The molecule has 0 aromatic carbocycles. The van der Waals surface area contributed by atoms with Crippen LogP contribution in [0.3, 0.4) is 0 Å². The molecule has 0 saturated heterocycles. The van der Waals surface area contributed by atoms with E-state index in [1.54, 1.807) is 0 Å². The molecule has 0 saturated carbocycles. The molecule has 5 nitrogen and oxygen atoms in total. The van der Waals surface area contributed by atoms with Crippen LogP contribution in [0.2, 0.25) is 0 Å². The van der Waals surface area contributed by atoms with Crippen molar-refractivity contribution in [3.8, 4) is 0 Å². The van der Waals surface area contributed by atoms with Crippen molar-refractivity contribution in [2.24, 2.45) is 0 Å². The van der Waals surface area contributed by atoms with Crippen LogP contribution in [0.15, 0.2) is 0 Å². The van der Waals surface area contributed by atoms with Gasteiger partial charge in [0.2, 0.25) is 0 Å². The predicted molar refractivity (Wildman–Crippen MR) is 12.5 cm³/mol. The minimum Gasteiger partial charge on any atom is -2.00 e. The maximum absolute atomic E-state index is 8.33. The molecular formula is CCaO5Zr. The molecule has 40 valence electrons. The van der Waals surface area contributed by atoms with Crippen molar-refractivity contribution in [3.63, 3.8) is 0 Å². The number of carboxylic acid groups (broad SMARTS) is 2. The van der Waals surface area contributed by atoms with Gasteiger partial charge in [0.15, 0.2) is 0 Å². The first-order chi connectivity index (χ1) is 1.73. The first-order valence-electron chi connectivity index (χ1n) is 0.612. The second-order valence-corrected chi connectivity index (χ2v) is 0.250. The molecule has 0 bridgehead atoms. The number of hydrogen-bond acceptors (Lipinski definition) is 3. The van der Waals surface area contributed by atoms with Gasteiger partial charge in [-0.25, -0.2) is 0 Å². The number of hydrogen-bond donors (Lipinski definition) is 0. The zero-order valence-electron chi connectivity index (χ0n) is 3.75. The summed E-state index contributed by atoms with van der Waals surface area (Å²) in [5.41, 5.74) is 0. The van der Waals surface area contributed by atoms with Crippen molar-refractivity contribution >= 4 is 43.9 Å². The van der Waals surface area contributed by atoms with Crippen molar-refractivity contribution in [1.82, 2.24) is 0 Å². The molecule has 0 aromatic heterocycles. The quantitative estimate of drug-likeness (QED) is 0.405. The van der Waals surface area contributed by atoms with Crippen LogP contribution < -0.4 is 10.2 Å². The molecule has 0 unspecified atom stereocenters. The van der Waals surface area contributed by atoms with Crippen molar-refractivity contribution < 1.29 is 52.2 Å². The smallest absolute Gasteiger partial charge is 2.00 e. The Hall–Kier alpha value is 1.33. The molecule has 0 rings (SSSR count). The maximum Gasteiger partial charge on any atom is 4.00 e. The third kappa shape index (κ3) is 166. The maximum atomic E-state index is 8.33. The summed E-state index contributed by atoms with van der Waals surface area (Å²) in [6.07, 6.45) is -2.33. The largest absolute Gasteiger partial charge is 4.00 e. The van der Waals surface area contributed by atoms with Gasteiger partial charge in [0.25, 0.3) is 0 Å². The molecule has 0 aromatic rings. The normalized spacial score (nSPS) is 3.00. The average Bonchev–Trinajstić information content (AvgIpc) is 0.811. The predicted octanol–water partition coefficient (Wildman–Crippen LogP) is -3.07. The van der Waals surface area contributed by atoms with E-state index in [0.29, 0.717) is 0 Å². The fourth-order valence-corrected chi connectivity index (χ4v) is 0. The topological polar surface area (TPSA) is 120 Å². The Balaban J connectivity index is -0.00000000750. The molecule has 0 aliphatic carbocycles. The zero-order valence-corrected chi connectivity index (χ0v) is 8.41. The van der Waals surface area contributed by atoms with E-state index in [2.05, 4.69) is 0 Å².